The van der Waals surface area contributed by atoms with Gasteiger partial charge in [-0.1, -0.05) is 23.7 Å². The Morgan fingerprint density at radius 3 is 3.00 bits per heavy atom. The number of amides is 1. The van der Waals surface area contributed by atoms with E-state index in [2.05, 4.69) is 15.5 Å². The van der Waals surface area contributed by atoms with Crippen LogP contribution >= 0.6 is 11.6 Å². The molecule has 0 aliphatic carbocycles. The maximum absolute atomic E-state index is 11.6. The number of halogens is 1. The van der Waals surface area contributed by atoms with E-state index in [1.165, 1.54) is 0 Å². The van der Waals surface area contributed by atoms with E-state index in [4.69, 9.17) is 11.6 Å². The normalized spacial score (nSPS) is 10.3. The van der Waals surface area contributed by atoms with E-state index in [-0.39, 0.29) is 5.91 Å². The molecule has 1 aromatic carbocycles. The molecule has 0 saturated carbocycles. The Morgan fingerprint density at radius 2 is 2.28 bits per heavy atom. The van der Waals surface area contributed by atoms with Crippen LogP contribution in [0.5, 0.6) is 0 Å². The molecule has 1 aromatic heterocycles. The molecule has 0 radical (unpaired) electrons. The first-order valence-corrected chi connectivity index (χ1v) is 6.11. The predicted octanol–water partition coefficient (Wildman–Crippen LogP) is 1.96. The summed E-state index contributed by atoms with van der Waals surface area (Å²) in [6.07, 6.45) is 2.74. The first-order chi connectivity index (χ1) is 8.74. The third-order valence-corrected chi connectivity index (χ3v) is 2.77. The maximum Gasteiger partial charge on any atom is 0.226 e. The number of nitrogens with one attached hydrogen (secondary N) is 2. The molecule has 2 rings (SSSR count). The number of rotatable bonds is 5. The van der Waals surface area contributed by atoms with Crippen LogP contribution in [0.15, 0.2) is 36.5 Å². The molecule has 0 atom stereocenters. The summed E-state index contributed by atoms with van der Waals surface area (Å²) in [5.41, 5.74) is 1.93. The summed E-state index contributed by atoms with van der Waals surface area (Å²) in [4.78, 5) is 11.6. The number of carbonyl (C=O) groups excluding carboxylic acids is 1. The first-order valence-electron chi connectivity index (χ1n) is 5.73. The molecule has 0 bridgehead atoms. The summed E-state index contributed by atoms with van der Waals surface area (Å²) in [5, 5.41) is 10.1. The van der Waals surface area contributed by atoms with Gasteiger partial charge in [-0.15, -0.1) is 0 Å². The quantitative estimate of drug-likeness (QED) is 0.866. The van der Waals surface area contributed by atoms with E-state index < -0.39 is 0 Å². The molecule has 4 nitrogen and oxygen atoms in total. The van der Waals surface area contributed by atoms with Gasteiger partial charge in [-0.05, 0) is 30.2 Å². The Labute approximate surface area is 110 Å². The lowest BCUT2D eigenvalue weighted by molar-refractivity contribution is -0.120. The average Bonchev–Trinajstić information content (AvgIpc) is 2.82. The minimum atomic E-state index is -0.0127. The molecule has 0 unspecified atom stereocenters. The summed E-state index contributed by atoms with van der Waals surface area (Å²) in [5.74, 6) is -0.0127. The first kappa shape index (κ1) is 12.6. The van der Waals surface area contributed by atoms with Crippen molar-refractivity contribution in [2.75, 3.05) is 6.54 Å². The van der Waals surface area contributed by atoms with Crippen molar-refractivity contribution in [3.05, 3.63) is 52.8 Å². The predicted molar refractivity (Wildman–Crippen MR) is 70.5 cm³/mol. The fourth-order valence-electron chi connectivity index (χ4n) is 1.66. The monoisotopic (exact) mass is 263 g/mol. The van der Waals surface area contributed by atoms with Gasteiger partial charge in [-0.3, -0.25) is 9.89 Å². The van der Waals surface area contributed by atoms with Crippen molar-refractivity contribution in [2.45, 2.75) is 12.8 Å². The Kier molecular flexibility index (Phi) is 4.36. The molecule has 1 amide bonds. The number of aromatic amines is 1. The number of benzene rings is 1. The molecule has 1 heterocycles. The SMILES string of the molecule is O=C(Cc1ccn[nH]1)NCCc1cccc(Cl)c1. The van der Waals surface area contributed by atoms with Gasteiger partial charge < -0.3 is 5.32 Å². The van der Waals surface area contributed by atoms with Crippen LogP contribution in [0.25, 0.3) is 0 Å². The van der Waals surface area contributed by atoms with Gasteiger partial charge in [-0.25, -0.2) is 0 Å². The highest BCUT2D eigenvalue weighted by atomic mass is 35.5. The van der Waals surface area contributed by atoms with Crippen molar-refractivity contribution in [3.63, 3.8) is 0 Å². The van der Waals surface area contributed by atoms with Crippen molar-refractivity contribution in [1.82, 2.24) is 15.5 Å². The molecule has 2 N–H and O–H groups in total. The van der Waals surface area contributed by atoms with E-state index in [0.717, 1.165) is 22.7 Å². The molecular formula is C13H14ClN3O. The van der Waals surface area contributed by atoms with Gasteiger partial charge in [0.25, 0.3) is 0 Å². The zero-order valence-electron chi connectivity index (χ0n) is 9.82. The molecule has 0 saturated heterocycles. The Balaban J connectivity index is 1.73. The van der Waals surface area contributed by atoms with Crippen molar-refractivity contribution < 1.29 is 4.79 Å². The molecule has 2 aromatic rings. The van der Waals surface area contributed by atoms with Crippen LogP contribution in [-0.2, 0) is 17.6 Å². The van der Waals surface area contributed by atoms with E-state index in [1.54, 1.807) is 12.3 Å². The molecule has 5 heteroatoms. The second-order valence-electron chi connectivity index (χ2n) is 3.99. The van der Waals surface area contributed by atoms with Gasteiger partial charge in [0.15, 0.2) is 0 Å². The topological polar surface area (TPSA) is 57.8 Å². The second kappa shape index (κ2) is 6.21. The molecule has 18 heavy (non-hydrogen) atoms. The smallest absolute Gasteiger partial charge is 0.226 e. The number of carbonyl (C=O) groups is 1. The van der Waals surface area contributed by atoms with Crippen LogP contribution in [0, 0.1) is 0 Å². The number of nitrogens with zero attached hydrogens (tertiary/aromatic N) is 1. The van der Waals surface area contributed by atoms with Gasteiger partial charge in [0.1, 0.15) is 0 Å². The molecule has 0 aliphatic heterocycles. The minimum Gasteiger partial charge on any atom is -0.355 e. The number of hydrogen-bond acceptors (Lipinski definition) is 2. The molecule has 0 spiro atoms. The fraction of sp³-hybridized carbons (Fsp3) is 0.231. The van der Waals surface area contributed by atoms with Gasteiger partial charge in [0.05, 0.1) is 6.42 Å². The van der Waals surface area contributed by atoms with Crippen LogP contribution in [0.1, 0.15) is 11.3 Å². The second-order valence-corrected chi connectivity index (χ2v) is 4.42. The summed E-state index contributed by atoms with van der Waals surface area (Å²) < 4.78 is 0. The van der Waals surface area contributed by atoms with Gasteiger partial charge in [0.2, 0.25) is 5.91 Å². The summed E-state index contributed by atoms with van der Waals surface area (Å²) in [6.45, 7) is 0.604. The number of H-pyrrole nitrogens is 1. The lowest BCUT2D eigenvalue weighted by Gasteiger charge is -2.04. The lowest BCUT2D eigenvalue weighted by atomic mass is 10.1. The Morgan fingerprint density at radius 1 is 1.39 bits per heavy atom. The zero-order valence-corrected chi connectivity index (χ0v) is 10.6. The highest BCUT2D eigenvalue weighted by molar-refractivity contribution is 6.30. The molecule has 0 aliphatic rings. The Bertz CT molecular complexity index is 511. The highest BCUT2D eigenvalue weighted by Crippen LogP contribution is 2.10. The van der Waals surface area contributed by atoms with Crippen molar-refractivity contribution in [2.24, 2.45) is 0 Å². The third kappa shape index (κ3) is 3.89. The highest BCUT2D eigenvalue weighted by Gasteiger charge is 2.03. The van der Waals surface area contributed by atoms with Crippen LogP contribution in [0.4, 0.5) is 0 Å². The van der Waals surface area contributed by atoms with Crippen LogP contribution in [-0.4, -0.2) is 22.6 Å². The van der Waals surface area contributed by atoms with E-state index >= 15 is 0 Å². The van der Waals surface area contributed by atoms with Crippen LogP contribution in [0.2, 0.25) is 5.02 Å². The molecule has 0 fully saturated rings. The number of hydrogen-bond donors (Lipinski definition) is 2. The fourth-order valence-corrected chi connectivity index (χ4v) is 1.87. The maximum atomic E-state index is 11.6. The standard InChI is InChI=1S/C13H14ClN3O/c14-11-3-1-2-10(8-11)4-6-15-13(18)9-12-5-7-16-17-12/h1-3,5,7-8H,4,6,9H2,(H,15,18)(H,16,17). The van der Waals surface area contributed by atoms with E-state index in [0.29, 0.717) is 13.0 Å². The Hall–Kier alpha value is -1.81. The van der Waals surface area contributed by atoms with Gasteiger partial charge in [-0.2, -0.15) is 5.10 Å². The minimum absolute atomic E-state index is 0.0127. The van der Waals surface area contributed by atoms with Crippen molar-refractivity contribution in [3.8, 4) is 0 Å². The van der Waals surface area contributed by atoms with E-state index in [1.807, 2.05) is 24.3 Å². The summed E-state index contributed by atoms with van der Waals surface area (Å²) in [6, 6.07) is 9.43. The largest absolute Gasteiger partial charge is 0.355 e. The van der Waals surface area contributed by atoms with Crippen LogP contribution < -0.4 is 5.32 Å². The summed E-state index contributed by atoms with van der Waals surface area (Å²) >= 11 is 5.88. The molecule has 94 valence electrons. The van der Waals surface area contributed by atoms with Crippen molar-refractivity contribution >= 4 is 17.5 Å². The van der Waals surface area contributed by atoms with Crippen LogP contribution in [0.3, 0.4) is 0 Å². The zero-order chi connectivity index (χ0) is 12.8. The summed E-state index contributed by atoms with van der Waals surface area (Å²) in [7, 11) is 0. The lowest BCUT2D eigenvalue weighted by Crippen LogP contribution is -2.27. The van der Waals surface area contributed by atoms with Gasteiger partial charge in [0, 0.05) is 23.5 Å². The van der Waals surface area contributed by atoms with Gasteiger partial charge >= 0.3 is 0 Å². The van der Waals surface area contributed by atoms with Crippen molar-refractivity contribution in [1.29, 1.82) is 0 Å². The molecular weight excluding hydrogens is 250 g/mol. The average molecular weight is 264 g/mol. The third-order valence-electron chi connectivity index (χ3n) is 2.53. The van der Waals surface area contributed by atoms with E-state index in [9.17, 15) is 4.79 Å². The number of aromatic nitrogens is 2.